The van der Waals surface area contributed by atoms with Crippen molar-refractivity contribution in [3.05, 3.63) is 46.2 Å². The number of carbonyl (C=O) groups excluding carboxylic acids is 1. The second kappa shape index (κ2) is 8.18. The summed E-state index contributed by atoms with van der Waals surface area (Å²) in [4.78, 5) is 13.3. The van der Waals surface area contributed by atoms with Crippen molar-refractivity contribution < 1.29 is 13.6 Å². The van der Waals surface area contributed by atoms with E-state index in [4.69, 9.17) is 0 Å². The minimum Gasteiger partial charge on any atom is -0.323 e. The van der Waals surface area contributed by atoms with Gasteiger partial charge >= 0.3 is 0 Å². The summed E-state index contributed by atoms with van der Waals surface area (Å²) in [6, 6.07) is 5.17. The second-order valence-electron chi connectivity index (χ2n) is 6.18. The molecular weight excluding hydrogens is 390 g/mol. The van der Waals surface area contributed by atoms with Crippen molar-refractivity contribution in [2.24, 2.45) is 0 Å². The first kappa shape index (κ1) is 19.5. The predicted molar refractivity (Wildman–Crippen MR) is 104 cm³/mol. The normalized spacial score (nSPS) is 11.2. The Balaban J connectivity index is 1.72. The Bertz CT molecular complexity index is 968. The number of anilines is 1. The lowest BCUT2D eigenvalue weighted by atomic mass is 10.3. The highest BCUT2D eigenvalue weighted by molar-refractivity contribution is 7.99. The topological polar surface area (TPSA) is 59.8 Å². The van der Waals surface area contributed by atoms with E-state index >= 15 is 0 Å². The number of aromatic nitrogens is 3. The maximum atomic E-state index is 13.6. The first-order valence-electron chi connectivity index (χ1n) is 8.23. The smallest absolute Gasteiger partial charge is 0.234 e. The Labute approximate surface area is 163 Å². The van der Waals surface area contributed by atoms with Crippen LogP contribution in [0.15, 0.2) is 34.8 Å². The number of nitrogens with zero attached hydrogens (tertiary/aromatic N) is 3. The molecule has 1 aromatic carbocycles. The third-order valence-corrected chi connectivity index (χ3v) is 5.51. The molecule has 9 heteroatoms. The second-order valence-corrected chi connectivity index (χ2v) is 8.23. The average molecular weight is 408 g/mol. The number of hydrogen-bond donors (Lipinski definition) is 1. The number of hydrogen-bond acceptors (Lipinski definition) is 5. The summed E-state index contributed by atoms with van der Waals surface area (Å²) in [5.41, 5.74) is 0.935. The fourth-order valence-corrected chi connectivity index (χ4v) is 4.05. The number of halogens is 2. The van der Waals surface area contributed by atoms with Crippen LogP contribution in [0.3, 0.4) is 0 Å². The van der Waals surface area contributed by atoms with Gasteiger partial charge in [0.2, 0.25) is 5.91 Å². The number of benzene rings is 1. The number of thioether (sulfide) groups is 1. The van der Waals surface area contributed by atoms with E-state index in [1.807, 2.05) is 36.8 Å². The molecule has 0 atom stereocenters. The highest BCUT2D eigenvalue weighted by atomic mass is 32.2. The fraction of sp³-hybridized carbons (Fsp3) is 0.278. The third kappa shape index (κ3) is 4.54. The molecule has 3 rings (SSSR count). The van der Waals surface area contributed by atoms with E-state index in [9.17, 15) is 13.6 Å². The standard InChI is InChI=1S/C18H18F2N4OS2/c1-10(2)24-17(12-6-11(3)26-8-12)22-23-18(24)27-9-16(25)21-15-5-4-13(19)7-14(15)20/h4-8,10H,9H2,1-3H3,(H,21,25). The van der Waals surface area contributed by atoms with Gasteiger partial charge in [-0.05, 0) is 39.0 Å². The van der Waals surface area contributed by atoms with Gasteiger partial charge in [-0.1, -0.05) is 11.8 Å². The number of rotatable bonds is 6. The molecule has 0 bridgehead atoms. The van der Waals surface area contributed by atoms with Gasteiger partial charge < -0.3 is 5.32 Å². The Kier molecular flexibility index (Phi) is 5.91. The van der Waals surface area contributed by atoms with Crippen LogP contribution >= 0.6 is 23.1 Å². The van der Waals surface area contributed by atoms with E-state index < -0.39 is 17.5 Å². The van der Waals surface area contributed by atoms with Crippen LogP contribution < -0.4 is 5.32 Å². The molecule has 0 aliphatic rings. The minimum atomic E-state index is -0.811. The van der Waals surface area contributed by atoms with Crippen molar-refractivity contribution in [1.29, 1.82) is 0 Å². The molecule has 0 saturated carbocycles. The molecule has 2 heterocycles. The summed E-state index contributed by atoms with van der Waals surface area (Å²) >= 11 is 2.85. The van der Waals surface area contributed by atoms with E-state index in [0.717, 1.165) is 23.5 Å². The van der Waals surface area contributed by atoms with Crippen LogP contribution in [0.1, 0.15) is 24.8 Å². The van der Waals surface area contributed by atoms with E-state index in [0.29, 0.717) is 5.16 Å². The molecule has 5 nitrogen and oxygen atoms in total. The molecule has 0 unspecified atom stereocenters. The maximum absolute atomic E-state index is 13.6. The Morgan fingerprint density at radius 2 is 2.07 bits per heavy atom. The van der Waals surface area contributed by atoms with Gasteiger partial charge in [-0.3, -0.25) is 9.36 Å². The summed E-state index contributed by atoms with van der Waals surface area (Å²) < 4.78 is 28.6. The van der Waals surface area contributed by atoms with Crippen LogP contribution in [0.2, 0.25) is 0 Å². The molecule has 3 aromatic rings. The van der Waals surface area contributed by atoms with Crippen molar-refractivity contribution in [2.75, 3.05) is 11.1 Å². The summed E-state index contributed by atoms with van der Waals surface area (Å²) in [6.07, 6.45) is 0. The summed E-state index contributed by atoms with van der Waals surface area (Å²) in [5, 5.41) is 13.6. The Hall–Kier alpha value is -2.26. The zero-order valence-electron chi connectivity index (χ0n) is 15.0. The van der Waals surface area contributed by atoms with Crippen molar-refractivity contribution >= 4 is 34.7 Å². The zero-order chi connectivity index (χ0) is 19.6. The molecule has 0 spiro atoms. The monoisotopic (exact) mass is 408 g/mol. The van der Waals surface area contributed by atoms with Gasteiger partial charge in [-0.15, -0.1) is 21.5 Å². The van der Waals surface area contributed by atoms with Gasteiger partial charge in [0, 0.05) is 27.9 Å². The van der Waals surface area contributed by atoms with Gasteiger partial charge in [0.05, 0.1) is 11.4 Å². The molecule has 2 aromatic heterocycles. The first-order chi connectivity index (χ1) is 12.8. The molecule has 27 heavy (non-hydrogen) atoms. The van der Waals surface area contributed by atoms with Crippen molar-refractivity contribution in [3.63, 3.8) is 0 Å². The van der Waals surface area contributed by atoms with E-state index in [2.05, 4.69) is 15.5 Å². The van der Waals surface area contributed by atoms with Crippen LogP contribution in [0.25, 0.3) is 11.4 Å². The Morgan fingerprint density at radius 1 is 1.30 bits per heavy atom. The van der Waals surface area contributed by atoms with Crippen LogP contribution in [-0.2, 0) is 4.79 Å². The number of nitrogens with one attached hydrogen (secondary N) is 1. The lowest BCUT2D eigenvalue weighted by Crippen LogP contribution is -2.16. The number of aryl methyl sites for hydroxylation is 1. The number of thiophene rings is 1. The van der Waals surface area contributed by atoms with Crippen LogP contribution in [-0.4, -0.2) is 26.4 Å². The molecule has 142 valence electrons. The largest absolute Gasteiger partial charge is 0.323 e. The van der Waals surface area contributed by atoms with Crippen molar-refractivity contribution in [1.82, 2.24) is 14.8 Å². The number of carbonyl (C=O) groups is 1. The first-order valence-corrected chi connectivity index (χ1v) is 10.1. The highest BCUT2D eigenvalue weighted by Crippen LogP contribution is 2.30. The summed E-state index contributed by atoms with van der Waals surface area (Å²) in [6.45, 7) is 6.06. The molecule has 0 saturated heterocycles. The molecule has 1 N–H and O–H groups in total. The molecule has 0 aliphatic heterocycles. The third-order valence-electron chi connectivity index (χ3n) is 3.71. The van der Waals surface area contributed by atoms with Gasteiger partial charge in [-0.2, -0.15) is 0 Å². The quantitative estimate of drug-likeness (QED) is 0.589. The lowest BCUT2D eigenvalue weighted by molar-refractivity contribution is -0.113. The molecule has 0 aliphatic carbocycles. The predicted octanol–water partition coefficient (Wildman–Crippen LogP) is 4.90. The minimum absolute atomic E-state index is 0.0321. The van der Waals surface area contributed by atoms with Gasteiger partial charge in [0.15, 0.2) is 11.0 Å². The van der Waals surface area contributed by atoms with E-state index in [1.165, 1.54) is 22.7 Å². The molecule has 0 radical (unpaired) electrons. The highest BCUT2D eigenvalue weighted by Gasteiger charge is 2.19. The zero-order valence-corrected chi connectivity index (χ0v) is 16.6. The van der Waals surface area contributed by atoms with Crippen molar-refractivity contribution in [3.8, 4) is 11.4 Å². The van der Waals surface area contributed by atoms with Crippen LogP contribution in [0, 0.1) is 18.6 Å². The van der Waals surface area contributed by atoms with Gasteiger partial charge in [0.1, 0.15) is 11.6 Å². The van der Waals surface area contributed by atoms with Gasteiger partial charge in [0.25, 0.3) is 0 Å². The SMILES string of the molecule is Cc1cc(-c2nnc(SCC(=O)Nc3ccc(F)cc3F)n2C(C)C)cs1. The molecule has 0 fully saturated rings. The lowest BCUT2D eigenvalue weighted by Gasteiger charge is -2.13. The van der Waals surface area contributed by atoms with E-state index in [1.54, 1.807) is 11.3 Å². The molecule has 1 amide bonds. The Morgan fingerprint density at radius 3 is 2.70 bits per heavy atom. The number of amides is 1. The maximum Gasteiger partial charge on any atom is 0.234 e. The van der Waals surface area contributed by atoms with Crippen LogP contribution in [0.5, 0.6) is 0 Å². The van der Waals surface area contributed by atoms with Crippen LogP contribution in [0.4, 0.5) is 14.5 Å². The van der Waals surface area contributed by atoms with Gasteiger partial charge in [-0.25, -0.2) is 8.78 Å². The summed E-state index contributed by atoms with van der Waals surface area (Å²) in [5.74, 6) is -1.13. The fourth-order valence-electron chi connectivity index (χ4n) is 2.51. The molecular formula is C18H18F2N4OS2. The average Bonchev–Trinajstić information content (AvgIpc) is 3.21. The van der Waals surface area contributed by atoms with E-state index in [-0.39, 0.29) is 17.5 Å². The summed E-state index contributed by atoms with van der Waals surface area (Å²) in [7, 11) is 0. The van der Waals surface area contributed by atoms with Crippen molar-refractivity contribution in [2.45, 2.75) is 32.0 Å².